The van der Waals surface area contributed by atoms with Crippen LogP contribution in [0.1, 0.15) is 30.0 Å². The molecule has 6 rings (SSSR count). The molecule has 3 aromatic rings. The summed E-state index contributed by atoms with van der Waals surface area (Å²) in [5, 5.41) is 11.2. The molecule has 0 aliphatic carbocycles. The number of pyridine rings is 2. The number of aromatic nitrogens is 2. The van der Waals surface area contributed by atoms with Crippen molar-refractivity contribution in [2.24, 2.45) is 0 Å². The first kappa shape index (κ1) is 18.3. The Morgan fingerprint density at radius 3 is 2.81 bits per heavy atom. The lowest BCUT2D eigenvalue weighted by Crippen LogP contribution is -2.44. The summed E-state index contributed by atoms with van der Waals surface area (Å²) in [7, 11) is 0. The van der Waals surface area contributed by atoms with Crippen LogP contribution in [-0.2, 0) is 28.3 Å². The van der Waals surface area contributed by atoms with Gasteiger partial charge < -0.3 is 23.9 Å². The first-order valence-corrected chi connectivity index (χ1v) is 9.62. The van der Waals surface area contributed by atoms with Gasteiger partial charge in [0.1, 0.15) is 12.4 Å². The lowest BCUT2D eigenvalue weighted by Gasteiger charge is -2.31. The molecular weight excluding hydrogens is 414 g/mol. The van der Waals surface area contributed by atoms with Crippen LogP contribution in [0.25, 0.3) is 22.3 Å². The van der Waals surface area contributed by atoms with Crippen molar-refractivity contribution in [1.82, 2.24) is 9.55 Å². The number of halogens is 2. The molecule has 0 saturated heterocycles. The monoisotopic (exact) mass is 428 g/mol. The van der Waals surface area contributed by atoms with Gasteiger partial charge in [-0.2, -0.15) is 0 Å². The highest BCUT2D eigenvalue weighted by Crippen LogP contribution is 2.49. The molecule has 10 heteroatoms. The second-order valence-corrected chi connectivity index (χ2v) is 7.69. The van der Waals surface area contributed by atoms with E-state index in [1.165, 1.54) is 22.8 Å². The molecule has 1 N–H and O–H groups in total. The standard InChI is InChI=1S/C21H14F2N2O6/c1-2-20(28)11-6-13-16-9(7-25(13)18(26)10(11)8-29-19(20)27)17-15-12(24-16)4-3-5-14(15)30-21(22,23)31-17/h3-6,28H,2,7-8H2,1H3/t20-/m0/s1. The zero-order valence-electron chi connectivity index (χ0n) is 16.1. The molecule has 158 valence electrons. The van der Waals surface area contributed by atoms with Crippen LogP contribution < -0.4 is 15.0 Å². The van der Waals surface area contributed by atoms with E-state index in [0.29, 0.717) is 22.2 Å². The van der Waals surface area contributed by atoms with Gasteiger partial charge in [0.2, 0.25) is 0 Å². The number of cyclic esters (lactones) is 1. The van der Waals surface area contributed by atoms with Crippen molar-refractivity contribution in [3.63, 3.8) is 0 Å². The number of hydrogen-bond acceptors (Lipinski definition) is 7. The number of ether oxygens (including phenoxy) is 3. The molecule has 2 aromatic heterocycles. The van der Waals surface area contributed by atoms with Crippen molar-refractivity contribution in [3.8, 4) is 22.9 Å². The molecule has 5 heterocycles. The highest BCUT2D eigenvalue weighted by molar-refractivity contribution is 5.96. The third kappa shape index (κ3) is 2.22. The van der Waals surface area contributed by atoms with Gasteiger partial charge in [0.25, 0.3) is 5.56 Å². The summed E-state index contributed by atoms with van der Waals surface area (Å²) in [6.45, 7) is 1.27. The van der Waals surface area contributed by atoms with Crippen molar-refractivity contribution in [1.29, 1.82) is 0 Å². The molecule has 31 heavy (non-hydrogen) atoms. The molecule has 1 aromatic carbocycles. The lowest BCUT2D eigenvalue weighted by atomic mass is 9.86. The van der Waals surface area contributed by atoms with Crippen molar-refractivity contribution in [3.05, 3.63) is 51.3 Å². The summed E-state index contributed by atoms with van der Waals surface area (Å²) in [4.78, 5) is 30.0. The summed E-state index contributed by atoms with van der Waals surface area (Å²) < 4.78 is 44.1. The Kier molecular flexibility index (Phi) is 3.29. The number of benzene rings is 1. The van der Waals surface area contributed by atoms with Gasteiger partial charge in [-0.1, -0.05) is 13.0 Å². The van der Waals surface area contributed by atoms with Gasteiger partial charge in [0, 0.05) is 11.1 Å². The Hall–Kier alpha value is -3.53. The number of carbonyl (C=O) groups is 1. The average Bonchev–Trinajstić information content (AvgIpc) is 3.10. The van der Waals surface area contributed by atoms with Gasteiger partial charge in [-0.05, 0) is 24.6 Å². The van der Waals surface area contributed by atoms with Crippen LogP contribution in [-0.4, -0.2) is 26.9 Å². The van der Waals surface area contributed by atoms with Crippen LogP contribution in [0.2, 0.25) is 0 Å². The van der Waals surface area contributed by atoms with Gasteiger partial charge in [-0.15, -0.1) is 8.78 Å². The summed E-state index contributed by atoms with van der Waals surface area (Å²) >= 11 is 0. The van der Waals surface area contributed by atoms with E-state index in [2.05, 4.69) is 9.72 Å². The third-order valence-corrected chi connectivity index (χ3v) is 6.07. The number of carbonyl (C=O) groups excluding carboxylic acids is 1. The highest BCUT2D eigenvalue weighted by atomic mass is 19.3. The zero-order valence-corrected chi connectivity index (χ0v) is 16.1. The highest BCUT2D eigenvalue weighted by Gasteiger charge is 2.47. The second kappa shape index (κ2) is 5.58. The van der Waals surface area contributed by atoms with Crippen LogP contribution in [0.4, 0.5) is 8.78 Å². The van der Waals surface area contributed by atoms with E-state index >= 15 is 0 Å². The molecule has 0 amide bonds. The van der Waals surface area contributed by atoms with E-state index in [-0.39, 0.29) is 47.9 Å². The van der Waals surface area contributed by atoms with Crippen LogP contribution >= 0.6 is 0 Å². The van der Waals surface area contributed by atoms with E-state index in [9.17, 15) is 23.5 Å². The second-order valence-electron chi connectivity index (χ2n) is 7.69. The predicted molar refractivity (Wildman–Crippen MR) is 101 cm³/mol. The molecule has 0 saturated carbocycles. The Bertz CT molecular complexity index is 1400. The molecule has 0 bridgehead atoms. The zero-order chi connectivity index (χ0) is 21.7. The molecular formula is C21H14F2N2O6. The van der Waals surface area contributed by atoms with Crippen molar-refractivity contribution >= 4 is 16.9 Å². The largest absolute Gasteiger partial charge is 0.586 e. The molecule has 3 aliphatic rings. The molecule has 0 radical (unpaired) electrons. The van der Waals surface area contributed by atoms with Crippen LogP contribution in [0.3, 0.4) is 0 Å². The van der Waals surface area contributed by atoms with E-state index in [4.69, 9.17) is 9.47 Å². The number of alkyl halides is 2. The molecule has 3 aliphatic heterocycles. The number of hydrogen-bond donors (Lipinski definition) is 1. The topological polar surface area (TPSA) is 99.9 Å². The van der Waals surface area contributed by atoms with E-state index in [1.807, 2.05) is 0 Å². The molecule has 8 nitrogen and oxygen atoms in total. The Balaban J connectivity index is 1.67. The minimum absolute atomic E-state index is 0.00101. The summed E-state index contributed by atoms with van der Waals surface area (Å²) in [5.41, 5.74) is -0.929. The van der Waals surface area contributed by atoms with Crippen LogP contribution in [0, 0.1) is 0 Å². The fourth-order valence-electron chi connectivity index (χ4n) is 4.52. The van der Waals surface area contributed by atoms with Gasteiger partial charge in [0.05, 0.1) is 34.4 Å². The van der Waals surface area contributed by atoms with Crippen LogP contribution in [0.15, 0.2) is 29.1 Å². The molecule has 0 spiro atoms. The minimum atomic E-state index is -3.88. The number of rotatable bonds is 1. The number of esters is 1. The van der Waals surface area contributed by atoms with Gasteiger partial charge in [0.15, 0.2) is 11.4 Å². The first-order valence-electron chi connectivity index (χ1n) is 9.62. The maximum atomic E-state index is 14.1. The van der Waals surface area contributed by atoms with Gasteiger partial charge in [-0.3, -0.25) is 4.79 Å². The minimum Gasteiger partial charge on any atom is -0.458 e. The number of aliphatic hydroxyl groups is 1. The smallest absolute Gasteiger partial charge is 0.458 e. The lowest BCUT2D eigenvalue weighted by molar-refractivity contribution is -0.311. The van der Waals surface area contributed by atoms with E-state index in [1.54, 1.807) is 13.0 Å². The van der Waals surface area contributed by atoms with Gasteiger partial charge >= 0.3 is 12.3 Å². The Morgan fingerprint density at radius 1 is 1.23 bits per heavy atom. The molecule has 0 unspecified atom stereocenters. The summed E-state index contributed by atoms with van der Waals surface area (Å²) in [6, 6.07) is 6.06. The van der Waals surface area contributed by atoms with Crippen molar-refractivity contribution in [2.75, 3.05) is 0 Å². The normalized spacial score (nSPS) is 22.1. The molecule has 0 fully saturated rings. The van der Waals surface area contributed by atoms with E-state index < -0.39 is 23.4 Å². The fraction of sp³-hybridized carbons (Fsp3) is 0.286. The maximum Gasteiger partial charge on any atom is 0.586 e. The van der Waals surface area contributed by atoms with E-state index in [0.717, 1.165) is 0 Å². The van der Waals surface area contributed by atoms with Crippen LogP contribution in [0.5, 0.6) is 11.5 Å². The third-order valence-electron chi connectivity index (χ3n) is 6.07. The Labute approximate surface area is 172 Å². The number of fused-ring (bicyclic) bond motifs is 5. The fourth-order valence-corrected chi connectivity index (χ4v) is 4.52. The first-order chi connectivity index (χ1) is 14.7. The number of nitrogens with zero attached hydrogens (tertiary/aromatic N) is 2. The van der Waals surface area contributed by atoms with Gasteiger partial charge in [-0.25, -0.2) is 9.78 Å². The average molecular weight is 428 g/mol. The molecule has 1 atom stereocenters. The summed E-state index contributed by atoms with van der Waals surface area (Å²) in [6.07, 6.45) is -3.88. The SMILES string of the molecule is CC[C@@]1(O)C(=O)OCc2c1cc1n(c2=O)Cc2c-1nc1cccc3c1c2OC(F)(F)O3. The Morgan fingerprint density at radius 2 is 2.03 bits per heavy atom. The maximum absolute atomic E-state index is 14.1. The predicted octanol–water partition coefficient (Wildman–Crippen LogP) is 2.40. The quantitative estimate of drug-likeness (QED) is 0.465. The van der Waals surface area contributed by atoms with Crippen molar-refractivity contribution in [2.45, 2.75) is 38.4 Å². The van der Waals surface area contributed by atoms with Crippen molar-refractivity contribution < 1.29 is 32.9 Å². The summed E-state index contributed by atoms with van der Waals surface area (Å²) in [5.74, 6) is -1.01.